The van der Waals surface area contributed by atoms with Crippen molar-refractivity contribution in [3.63, 3.8) is 0 Å². The number of anilines is 3. The topological polar surface area (TPSA) is 93.5 Å². The van der Waals surface area contributed by atoms with Gasteiger partial charge in [0.05, 0.1) is 0 Å². The minimum Gasteiger partial charge on any atom is -0.456 e. The Kier molecular flexibility index (Phi) is 4.60. The van der Waals surface area contributed by atoms with Gasteiger partial charge in [0.1, 0.15) is 11.3 Å². The number of nitrogens with zero attached hydrogens (tertiary/aromatic N) is 1. The van der Waals surface area contributed by atoms with Crippen LogP contribution in [-0.4, -0.2) is 23.5 Å². The largest absolute Gasteiger partial charge is 0.456 e. The van der Waals surface area contributed by atoms with Crippen LogP contribution in [-0.2, 0) is 14.3 Å². The first-order valence-electron chi connectivity index (χ1n) is 7.36. The molecular weight excluding hydrogens is 329 g/mol. The summed E-state index contributed by atoms with van der Waals surface area (Å²) in [5.41, 5.74) is 1.96. The molecule has 0 atom stereocenters. The molecule has 0 bridgehead atoms. The molecule has 0 spiro atoms. The van der Waals surface area contributed by atoms with Crippen LogP contribution < -0.4 is 10.6 Å². The number of hydrogen-bond acceptors (Lipinski definition) is 6. The smallest absolute Gasteiger partial charge is 0.303 e. The molecule has 0 aliphatic carbocycles. The maximum absolute atomic E-state index is 13.2. The number of aromatic nitrogens is 1. The fraction of sp³-hybridized carbons (Fsp3) is 0.118. The Bertz CT molecular complexity index is 939. The average molecular weight is 343 g/mol. The third-order valence-corrected chi connectivity index (χ3v) is 3.15. The van der Waals surface area contributed by atoms with E-state index in [1.165, 1.54) is 25.1 Å². The highest BCUT2D eigenvalue weighted by molar-refractivity contribution is 5.93. The van der Waals surface area contributed by atoms with Gasteiger partial charge in [0.25, 0.3) is 11.9 Å². The number of fused-ring (bicyclic) bond motifs is 1. The normalized spacial score (nSPS) is 10.5. The molecule has 2 N–H and O–H groups in total. The summed E-state index contributed by atoms with van der Waals surface area (Å²) in [6, 6.07) is 11.1. The van der Waals surface area contributed by atoms with E-state index in [-0.39, 0.29) is 12.6 Å². The molecule has 0 saturated carbocycles. The van der Waals surface area contributed by atoms with Gasteiger partial charge < -0.3 is 19.8 Å². The SMILES string of the molecule is CC(=O)OCC(=O)Nc1cccc(Nc2nc3ccc(F)cc3o2)c1. The zero-order valence-electron chi connectivity index (χ0n) is 13.2. The second-order valence-corrected chi connectivity index (χ2v) is 5.17. The minimum atomic E-state index is -0.530. The van der Waals surface area contributed by atoms with Gasteiger partial charge in [-0.3, -0.25) is 9.59 Å². The van der Waals surface area contributed by atoms with Gasteiger partial charge in [-0.2, -0.15) is 4.98 Å². The van der Waals surface area contributed by atoms with Gasteiger partial charge in [-0.1, -0.05) is 6.07 Å². The summed E-state index contributed by atoms with van der Waals surface area (Å²) in [6.07, 6.45) is 0. The molecule has 0 unspecified atom stereocenters. The van der Waals surface area contributed by atoms with Crippen molar-refractivity contribution in [2.75, 3.05) is 17.2 Å². The van der Waals surface area contributed by atoms with Gasteiger partial charge in [-0.05, 0) is 30.3 Å². The number of rotatable bonds is 5. The van der Waals surface area contributed by atoms with Crippen molar-refractivity contribution < 1.29 is 23.1 Å². The van der Waals surface area contributed by atoms with Crippen LogP contribution >= 0.6 is 0 Å². The van der Waals surface area contributed by atoms with Gasteiger partial charge in [0.15, 0.2) is 12.2 Å². The molecular formula is C17H14FN3O4. The van der Waals surface area contributed by atoms with E-state index in [1.807, 2.05) is 0 Å². The summed E-state index contributed by atoms with van der Waals surface area (Å²) < 4.78 is 23.2. The van der Waals surface area contributed by atoms with Gasteiger partial charge in [0.2, 0.25) is 0 Å². The maximum atomic E-state index is 13.2. The lowest BCUT2D eigenvalue weighted by Gasteiger charge is -2.07. The van der Waals surface area contributed by atoms with Crippen LogP contribution in [0.5, 0.6) is 0 Å². The highest BCUT2D eigenvalue weighted by atomic mass is 19.1. The molecule has 25 heavy (non-hydrogen) atoms. The molecule has 0 radical (unpaired) electrons. The van der Waals surface area contributed by atoms with Gasteiger partial charge in [-0.15, -0.1) is 0 Å². The molecule has 0 aliphatic heterocycles. The van der Waals surface area contributed by atoms with Crippen LogP contribution in [0.2, 0.25) is 0 Å². The molecule has 0 aliphatic rings. The second-order valence-electron chi connectivity index (χ2n) is 5.17. The highest BCUT2D eigenvalue weighted by Gasteiger charge is 2.08. The molecule has 0 fully saturated rings. The van der Waals surface area contributed by atoms with E-state index >= 15 is 0 Å². The molecule has 8 heteroatoms. The van der Waals surface area contributed by atoms with Crippen molar-refractivity contribution in [2.24, 2.45) is 0 Å². The number of benzene rings is 2. The number of nitrogens with one attached hydrogen (secondary N) is 2. The van der Waals surface area contributed by atoms with Crippen LogP contribution in [0.4, 0.5) is 21.8 Å². The zero-order valence-corrected chi connectivity index (χ0v) is 13.2. The third kappa shape index (κ3) is 4.31. The van der Waals surface area contributed by atoms with Crippen LogP contribution in [0, 0.1) is 5.82 Å². The van der Waals surface area contributed by atoms with Crippen molar-refractivity contribution in [3.8, 4) is 0 Å². The Balaban J connectivity index is 1.70. The number of ether oxygens (including phenoxy) is 1. The van der Waals surface area contributed by atoms with E-state index in [0.717, 1.165) is 0 Å². The van der Waals surface area contributed by atoms with Crippen LogP contribution in [0.25, 0.3) is 11.1 Å². The number of carbonyl (C=O) groups excluding carboxylic acids is 2. The van der Waals surface area contributed by atoms with Crippen molar-refractivity contribution in [2.45, 2.75) is 6.92 Å². The quantitative estimate of drug-likeness (QED) is 0.691. The number of halogens is 1. The standard InChI is InChI=1S/C17H14FN3O4/c1-10(22)24-9-16(23)19-12-3-2-4-13(8-12)20-17-21-14-6-5-11(18)7-15(14)25-17/h2-8H,9H2,1H3,(H,19,23)(H,20,21). The summed E-state index contributed by atoms with van der Waals surface area (Å²) in [4.78, 5) is 26.6. The second kappa shape index (κ2) is 7.00. The fourth-order valence-corrected chi connectivity index (χ4v) is 2.11. The number of esters is 1. The van der Waals surface area contributed by atoms with Gasteiger partial charge in [0, 0.05) is 24.4 Å². The van der Waals surface area contributed by atoms with E-state index in [2.05, 4.69) is 20.4 Å². The first-order valence-corrected chi connectivity index (χ1v) is 7.36. The molecule has 0 saturated heterocycles. The maximum Gasteiger partial charge on any atom is 0.303 e. The van der Waals surface area contributed by atoms with Crippen LogP contribution in [0.3, 0.4) is 0 Å². The lowest BCUT2D eigenvalue weighted by atomic mass is 10.2. The summed E-state index contributed by atoms with van der Waals surface area (Å²) in [7, 11) is 0. The van der Waals surface area contributed by atoms with Crippen molar-refractivity contribution in [1.82, 2.24) is 4.98 Å². The summed E-state index contributed by atoms with van der Waals surface area (Å²) in [6.45, 7) is 0.869. The lowest BCUT2D eigenvalue weighted by Crippen LogP contribution is -2.19. The van der Waals surface area contributed by atoms with E-state index in [9.17, 15) is 14.0 Å². The van der Waals surface area contributed by atoms with Crippen LogP contribution in [0.1, 0.15) is 6.92 Å². The van der Waals surface area contributed by atoms with Crippen LogP contribution in [0.15, 0.2) is 46.9 Å². The number of carbonyl (C=O) groups is 2. The van der Waals surface area contributed by atoms with Crippen molar-refractivity contribution in [1.29, 1.82) is 0 Å². The summed E-state index contributed by atoms with van der Waals surface area (Å²) in [5.74, 6) is -1.39. The molecule has 128 valence electrons. The van der Waals surface area contributed by atoms with Crippen molar-refractivity contribution >= 4 is 40.4 Å². The fourth-order valence-electron chi connectivity index (χ4n) is 2.11. The molecule has 1 heterocycles. The first kappa shape index (κ1) is 16.4. The molecule has 7 nitrogen and oxygen atoms in total. The average Bonchev–Trinajstić information content (AvgIpc) is 2.94. The Morgan fingerprint density at radius 2 is 2.00 bits per heavy atom. The highest BCUT2D eigenvalue weighted by Crippen LogP contribution is 2.24. The number of oxazole rings is 1. The van der Waals surface area contributed by atoms with E-state index in [4.69, 9.17) is 4.42 Å². The Hall–Kier alpha value is -3.42. The molecule has 1 aromatic heterocycles. The Morgan fingerprint density at radius 1 is 1.20 bits per heavy atom. The van der Waals surface area contributed by atoms with Gasteiger partial charge in [-0.25, -0.2) is 4.39 Å². The Labute approximate surface area is 141 Å². The monoisotopic (exact) mass is 343 g/mol. The number of amides is 1. The molecule has 1 amide bonds. The Morgan fingerprint density at radius 3 is 2.80 bits per heavy atom. The van der Waals surface area contributed by atoms with Crippen molar-refractivity contribution in [3.05, 3.63) is 48.3 Å². The van der Waals surface area contributed by atoms with E-state index < -0.39 is 17.7 Å². The molecule has 3 rings (SSSR count). The van der Waals surface area contributed by atoms with Gasteiger partial charge >= 0.3 is 5.97 Å². The zero-order chi connectivity index (χ0) is 17.8. The molecule has 3 aromatic rings. The van der Waals surface area contributed by atoms with E-state index in [1.54, 1.807) is 24.3 Å². The lowest BCUT2D eigenvalue weighted by molar-refractivity contribution is -0.144. The minimum absolute atomic E-state index is 0.198. The summed E-state index contributed by atoms with van der Waals surface area (Å²) in [5, 5.41) is 5.54. The predicted octanol–water partition coefficient (Wildman–Crippen LogP) is 3.21. The predicted molar refractivity (Wildman–Crippen MR) is 89.0 cm³/mol. The number of hydrogen-bond donors (Lipinski definition) is 2. The van der Waals surface area contributed by atoms with E-state index in [0.29, 0.717) is 22.5 Å². The summed E-state index contributed by atoms with van der Waals surface area (Å²) >= 11 is 0. The third-order valence-electron chi connectivity index (χ3n) is 3.15. The molecule has 2 aromatic carbocycles. The first-order chi connectivity index (χ1) is 12.0.